The minimum absolute atomic E-state index is 0.206. The molecule has 112 valence electrons. The molecule has 2 N–H and O–H groups in total. The van der Waals surface area contributed by atoms with E-state index in [2.05, 4.69) is 21.2 Å². The topological polar surface area (TPSA) is 66.4 Å². The van der Waals surface area contributed by atoms with E-state index in [0.717, 1.165) is 16.6 Å². The van der Waals surface area contributed by atoms with Crippen molar-refractivity contribution in [1.82, 2.24) is 5.32 Å². The predicted molar refractivity (Wildman–Crippen MR) is 84.0 cm³/mol. The number of aliphatic carboxylic acids is 1. The summed E-state index contributed by atoms with van der Waals surface area (Å²) >= 11 is 5.05. The van der Waals surface area contributed by atoms with Crippen molar-refractivity contribution in [2.45, 2.75) is 46.1 Å². The molecule has 1 amide bonds. The molecule has 0 saturated heterocycles. The first-order valence-electron chi connectivity index (χ1n) is 6.46. The van der Waals surface area contributed by atoms with Crippen LogP contribution < -0.4 is 5.32 Å². The predicted octanol–water partition coefficient (Wildman–Crippen LogP) is 3.45. The van der Waals surface area contributed by atoms with Gasteiger partial charge in [-0.3, -0.25) is 4.79 Å². The highest BCUT2D eigenvalue weighted by atomic mass is 79.9. The number of rotatable bonds is 6. The Labute approximate surface area is 131 Å². The van der Waals surface area contributed by atoms with Gasteiger partial charge in [-0.2, -0.15) is 0 Å². The van der Waals surface area contributed by atoms with E-state index in [-0.39, 0.29) is 5.91 Å². The molecule has 1 atom stereocenters. The fourth-order valence-corrected chi connectivity index (χ4v) is 3.32. The van der Waals surface area contributed by atoms with E-state index in [0.29, 0.717) is 6.42 Å². The van der Waals surface area contributed by atoms with Crippen molar-refractivity contribution in [3.05, 3.63) is 20.8 Å². The highest BCUT2D eigenvalue weighted by Crippen LogP contribution is 2.23. The lowest BCUT2D eigenvalue weighted by molar-refractivity contribution is -0.144. The van der Waals surface area contributed by atoms with Crippen molar-refractivity contribution in [3.8, 4) is 0 Å². The van der Waals surface area contributed by atoms with Crippen molar-refractivity contribution in [3.63, 3.8) is 0 Å². The molecule has 20 heavy (non-hydrogen) atoms. The summed E-state index contributed by atoms with van der Waals surface area (Å²) in [6, 6.07) is 3.16. The van der Waals surface area contributed by atoms with E-state index >= 15 is 0 Å². The number of thiophene rings is 1. The molecule has 1 heterocycles. The zero-order valence-electron chi connectivity index (χ0n) is 11.9. The summed E-state index contributed by atoms with van der Waals surface area (Å²) in [7, 11) is 0. The van der Waals surface area contributed by atoms with Crippen molar-refractivity contribution in [1.29, 1.82) is 0 Å². The van der Waals surface area contributed by atoms with Gasteiger partial charge in [0.1, 0.15) is 6.04 Å². The molecule has 0 radical (unpaired) electrons. The first kappa shape index (κ1) is 17.2. The lowest BCUT2D eigenvalue weighted by atomic mass is 9.86. The van der Waals surface area contributed by atoms with Crippen LogP contribution in [0, 0.1) is 5.41 Å². The molecule has 1 aromatic rings. The molecule has 0 fully saturated rings. The molecule has 0 bridgehead atoms. The number of carbonyl (C=O) groups excluding carboxylic acids is 1. The highest BCUT2D eigenvalue weighted by molar-refractivity contribution is 9.11. The summed E-state index contributed by atoms with van der Waals surface area (Å²) in [6.45, 7) is 5.40. The van der Waals surface area contributed by atoms with E-state index in [9.17, 15) is 9.59 Å². The quantitative estimate of drug-likeness (QED) is 0.815. The number of amides is 1. The Balaban J connectivity index is 2.41. The third-order valence-corrected chi connectivity index (χ3v) is 4.56. The number of carboxylic acids is 1. The first-order valence-corrected chi connectivity index (χ1v) is 8.07. The highest BCUT2D eigenvalue weighted by Gasteiger charge is 2.32. The van der Waals surface area contributed by atoms with Gasteiger partial charge in [0, 0.05) is 11.3 Å². The van der Waals surface area contributed by atoms with Gasteiger partial charge in [0.05, 0.1) is 3.79 Å². The maximum absolute atomic E-state index is 11.8. The van der Waals surface area contributed by atoms with Gasteiger partial charge in [-0.25, -0.2) is 4.79 Å². The van der Waals surface area contributed by atoms with Crippen LogP contribution in [0.4, 0.5) is 0 Å². The lowest BCUT2D eigenvalue weighted by Crippen LogP contribution is -2.49. The molecule has 0 saturated carbocycles. The largest absolute Gasteiger partial charge is 0.480 e. The second-order valence-corrected chi connectivity index (χ2v) is 8.31. The van der Waals surface area contributed by atoms with Gasteiger partial charge >= 0.3 is 5.97 Å². The van der Waals surface area contributed by atoms with Crippen LogP contribution >= 0.6 is 27.3 Å². The van der Waals surface area contributed by atoms with Crippen LogP contribution in [0.5, 0.6) is 0 Å². The van der Waals surface area contributed by atoms with Crippen molar-refractivity contribution in [2.75, 3.05) is 0 Å². The third-order valence-electron chi connectivity index (χ3n) is 2.87. The van der Waals surface area contributed by atoms with E-state index in [1.165, 1.54) is 4.88 Å². The smallest absolute Gasteiger partial charge is 0.326 e. The van der Waals surface area contributed by atoms with Gasteiger partial charge in [0.15, 0.2) is 0 Å². The van der Waals surface area contributed by atoms with Gasteiger partial charge in [-0.1, -0.05) is 20.8 Å². The summed E-state index contributed by atoms with van der Waals surface area (Å²) in [6.07, 6.45) is 1.89. The summed E-state index contributed by atoms with van der Waals surface area (Å²) < 4.78 is 1.08. The second kappa shape index (κ2) is 7.22. The molecule has 1 rings (SSSR count). The fourth-order valence-electron chi connectivity index (χ4n) is 1.79. The Morgan fingerprint density at radius 3 is 2.50 bits per heavy atom. The van der Waals surface area contributed by atoms with Crippen LogP contribution in [-0.2, 0) is 16.0 Å². The van der Waals surface area contributed by atoms with Gasteiger partial charge in [-0.15, -0.1) is 11.3 Å². The molecule has 0 spiro atoms. The molecule has 6 heteroatoms. The van der Waals surface area contributed by atoms with E-state index in [1.54, 1.807) is 32.1 Å². The van der Waals surface area contributed by atoms with Gasteiger partial charge in [0.2, 0.25) is 5.91 Å². The number of carbonyl (C=O) groups is 2. The third kappa shape index (κ3) is 5.63. The van der Waals surface area contributed by atoms with Crippen LogP contribution in [0.25, 0.3) is 0 Å². The molecule has 0 aromatic carbocycles. The molecule has 1 aromatic heterocycles. The Morgan fingerprint density at radius 2 is 2.05 bits per heavy atom. The number of carboxylic acid groups (broad SMARTS) is 1. The van der Waals surface area contributed by atoms with Crippen molar-refractivity contribution in [2.24, 2.45) is 5.41 Å². The van der Waals surface area contributed by atoms with Crippen LogP contribution in [0.1, 0.15) is 38.5 Å². The van der Waals surface area contributed by atoms with Gasteiger partial charge < -0.3 is 10.4 Å². The average molecular weight is 362 g/mol. The minimum Gasteiger partial charge on any atom is -0.480 e. The zero-order chi connectivity index (χ0) is 15.3. The number of aryl methyl sites for hydroxylation is 1. The van der Waals surface area contributed by atoms with Crippen LogP contribution in [0.2, 0.25) is 0 Å². The normalized spacial score (nSPS) is 13.0. The molecule has 0 aliphatic carbocycles. The maximum atomic E-state index is 11.8. The Bertz CT molecular complexity index is 479. The SMILES string of the molecule is CC(C)(C)[C@@H](NC(=O)CCCc1ccc(Br)s1)C(=O)O. The van der Waals surface area contributed by atoms with Crippen LogP contribution in [0.15, 0.2) is 15.9 Å². The Morgan fingerprint density at radius 1 is 1.40 bits per heavy atom. The minimum atomic E-state index is -0.993. The molecule has 0 aliphatic rings. The second-order valence-electron chi connectivity index (χ2n) is 5.76. The van der Waals surface area contributed by atoms with Gasteiger partial charge in [0.25, 0.3) is 0 Å². The monoisotopic (exact) mass is 361 g/mol. The summed E-state index contributed by atoms with van der Waals surface area (Å²) in [4.78, 5) is 24.2. The van der Waals surface area contributed by atoms with E-state index in [4.69, 9.17) is 5.11 Å². The zero-order valence-corrected chi connectivity index (χ0v) is 14.3. The average Bonchev–Trinajstić information content (AvgIpc) is 2.70. The first-order chi connectivity index (χ1) is 9.20. The summed E-state index contributed by atoms with van der Waals surface area (Å²) in [5.41, 5.74) is -0.500. The lowest BCUT2D eigenvalue weighted by Gasteiger charge is -2.27. The summed E-state index contributed by atoms with van der Waals surface area (Å²) in [5, 5.41) is 11.7. The Hall–Kier alpha value is -0.880. The number of hydrogen-bond acceptors (Lipinski definition) is 3. The van der Waals surface area contributed by atoms with Crippen molar-refractivity contribution < 1.29 is 14.7 Å². The number of halogens is 1. The van der Waals surface area contributed by atoms with Crippen LogP contribution in [0.3, 0.4) is 0 Å². The van der Waals surface area contributed by atoms with E-state index < -0.39 is 17.4 Å². The summed E-state index contributed by atoms with van der Waals surface area (Å²) in [5.74, 6) is -1.20. The molecular formula is C14H20BrNO3S. The molecule has 4 nitrogen and oxygen atoms in total. The Kier molecular flexibility index (Phi) is 6.20. The van der Waals surface area contributed by atoms with Crippen LogP contribution in [-0.4, -0.2) is 23.0 Å². The molecular weight excluding hydrogens is 342 g/mol. The number of hydrogen-bond donors (Lipinski definition) is 2. The van der Waals surface area contributed by atoms with Gasteiger partial charge in [-0.05, 0) is 46.3 Å². The molecule has 0 unspecified atom stereocenters. The fraction of sp³-hybridized carbons (Fsp3) is 0.571. The van der Waals surface area contributed by atoms with Crippen molar-refractivity contribution >= 4 is 39.1 Å². The van der Waals surface area contributed by atoms with E-state index in [1.807, 2.05) is 12.1 Å². The maximum Gasteiger partial charge on any atom is 0.326 e. The number of nitrogens with one attached hydrogen (secondary N) is 1. The standard InChI is InChI=1S/C14H20BrNO3S/c1-14(2,3)12(13(18)19)16-11(17)6-4-5-9-7-8-10(15)20-9/h7-8,12H,4-6H2,1-3H3,(H,16,17)(H,18,19)/t12-/m0/s1. The molecule has 0 aliphatic heterocycles.